The normalized spacial score (nSPS) is 20.1. The molecule has 1 unspecified atom stereocenters. The van der Waals surface area contributed by atoms with Crippen LogP contribution in [-0.4, -0.2) is 109 Å². The van der Waals surface area contributed by atoms with Crippen LogP contribution in [-0.2, 0) is 55.0 Å². The number of aryl methyl sites for hydroxylation is 1. The summed E-state index contributed by atoms with van der Waals surface area (Å²) in [4.78, 5) is 46.7. The maximum absolute atomic E-state index is 14.4. The van der Waals surface area contributed by atoms with Gasteiger partial charge in [-0.1, -0.05) is 0 Å². The average Bonchev–Trinajstić information content (AvgIpc) is 3.88. The van der Waals surface area contributed by atoms with Gasteiger partial charge in [-0.25, -0.2) is 54.3 Å². The summed E-state index contributed by atoms with van der Waals surface area (Å²) >= 11 is 0. The highest BCUT2D eigenvalue weighted by Crippen LogP contribution is 2.39. The Balaban J connectivity index is 0.000000230. The molecule has 4 atom stereocenters. The molecule has 0 saturated carbocycles. The highest BCUT2D eigenvalue weighted by atomic mass is 35.5. The van der Waals surface area contributed by atoms with E-state index < -0.39 is 110 Å². The molecule has 2 aliphatic rings. The average molecular weight is 1140 g/mol. The number of ketones is 1. The van der Waals surface area contributed by atoms with Crippen LogP contribution in [0.3, 0.4) is 0 Å². The van der Waals surface area contributed by atoms with Gasteiger partial charge in [0.05, 0.1) is 32.4 Å². The van der Waals surface area contributed by atoms with Crippen molar-refractivity contribution in [2.45, 2.75) is 91.6 Å². The summed E-state index contributed by atoms with van der Waals surface area (Å²) in [7, 11) is -8.48. The van der Waals surface area contributed by atoms with Crippen LogP contribution in [0.2, 0.25) is 0 Å². The van der Waals surface area contributed by atoms with Crippen molar-refractivity contribution in [3.8, 4) is 22.5 Å². The number of carboxylic acid groups (broad SMARTS) is 1. The largest absolute Gasteiger partial charge is 0.480 e. The number of halogens is 11. The smallest absolute Gasteiger partial charge is 0.433 e. The number of alkyl halides is 8. The van der Waals surface area contributed by atoms with Crippen molar-refractivity contribution in [1.29, 1.82) is 0 Å². The van der Waals surface area contributed by atoms with E-state index in [2.05, 4.69) is 29.9 Å². The van der Waals surface area contributed by atoms with E-state index >= 15 is 0 Å². The lowest BCUT2D eigenvalue weighted by Crippen LogP contribution is -2.50. The van der Waals surface area contributed by atoms with Gasteiger partial charge in [0.2, 0.25) is 20.0 Å². The Kier molecular flexibility index (Phi) is 18.8. The van der Waals surface area contributed by atoms with Crippen molar-refractivity contribution in [3.63, 3.8) is 0 Å². The van der Waals surface area contributed by atoms with E-state index in [9.17, 15) is 75.4 Å². The van der Waals surface area contributed by atoms with Crippen molar-refractivity contribution in [3.05, 3.63) is 144 Å². The molecule has 0 bridgehead atoms. The third kappa shape index (κ3) is 13.9. The molecule has 2 aromatic carbocycles. The zero-order chi connectivity index (χ0) is 55.3. The minimum atomic E-state index is -4.58. The Labute approximate surface area is 434 Å². The van der Waals surface area contributed by atoms with Gasteiger partial charge in [-0.15, -0.1) is 12.4 Å². The van der Waals surface area contributed by atoms with Gasteiger partial charge in [0.25, 0.3) is 0 Å². The van der Waals surface area contributed by atoms with Crippen LogP contribution < -0.4 is 5.73 Å². The molecule has 29 heteroatoms. The molecule has 408 valence electrons. The molecular weight excluding hydrogens is 1090 g/mol. The van der Waals surface area contributed by atoms with E-state index in [0.29, 0.717) is 32.5 Å². The molecule has 0 aliphatic carbocycles. The first-order valence-corrected chi connectivity index (χ1v) is 24.9. The molecule has 16 nitrogen and oxygen atoms in total. The molecule has 3 N–H and O–H groups in total. The quantitative estimate of drug-likeness (QED) is 0.110. The lowest BCUT2D eigenvalue weighted by Gasteiger charge is -2.32. The number of benzene rings is 2. The fraction of sp³-hybridized carbons (Fsp3) is 0.319. The Morgan fingerprint density at radius 2 is 1.03 bits per heavy atom. The topological polar surface area (TPSA) is 232 Å². The molecule has 76 heavy (non-hydrogen) atoms. The van der Waals surface area contributed by atoms with Crippen molar-refractivity contribution in [2.75, 3.05) is 13.1 Å². The second-order valence-electron chi connectivity index (χ2n) is 17.2. The maximum atomic E-state index is 14.4. The number of carbonyl (C=O) groups is 2. The van der Waals surface area contributed by atoms with Gasteiger partial charge in [-0.3, -0.25) is 19.6 Å². The van der Waals surface area contributed by atoms with Gasteiger partial charge in [-0.2, -0.15) is 35.0 Å². The van der Waals surface area contributed by atoms with Crippen LogP contribution in [0.1, 0.15) is 55.9 Å². The number of aliphatic carboxylic acids is 1. The van der Waals surface area contributed by atoms with Crippen molar-refractivity contribution in [2.24, 2.45) is 5.73 Å². The Morgan fingerprint density at radius 3 is 1.41 bits per heavy atom. The highest BCUT2D eigenvalue weighted by Gasteiger charge is 2.54. The monoisotopic (exact) mass is 1140 g/mol. The van der Waals surface area contributed by atoms with Gasteiger partial charge in [-0.05, 0) is 105 Å². The second kappa shape index (κ2) is 23.7. The van der Waals surface area contributed by atoms with Crippen LogP contribution in [0.15, 0.2) is 120 Å². The summed E-state index contributed by atoms with van der Waals surface area (Å²) in [5.74, 6) is -3.20. The number of carboxylic acids is 1. The Bertz CT molecular complexity index is 3230. The van der Waals surface area contributed by atoms with E-state index in [0.717, 1.165) is 84.3 Å². The number of rotatable bonds is 12. The number of nitrogens with zero attached hydrogens (tertiary/aromatic N) is 8. The van der Waals surface area contributed by atoms with E-state index in [1.165, 1.54) is 37.8 Å². The van der Waals surface area contributed by atoms with Gasteiger partial charge >= 0.3 is 18.3 Å². The molecule has 2 aliphatic heterocycles. The lowest BCUT2D eigenvalue weighted by atomic mass is 9.91. The molecule has 2 saturated heterocycles. The fourth-order valence-corrected chi connectivity index (χ4v) is 11.5. The van der Waals surface area contributed by atoms with Crippen molar-refractivity contribution in [1.82, 2.24) is 38.5 Å². The molecule has 6 aromatic rings. The summed E-state index contributed by atoms with van der Waals surface area (Å²) in [6, 6.07) is 15.4. The summed E-state index contributed by atoms with van der Waals surface area (Å²) < 4.78 is 182. The Morgan fingerprint density at radius 1 is 0.632 bits per heavy atom. The molecule has 0 radical (unpaired) electrons. The van der Waals surface area contributed by atoms with Crippen LogP contribution in [0, 0.1) is 11.6 Å². The Hall–Kier alpha value is -6.59. The molecule has 6 heterocycles. The number of hydrogen-bond donors (Lipinski definition) is 2. The second-order valence-corrected chi connectivity index (χ2v) is 20.9. The van der Waals surface area contributed by atoms with Gasteiger partial charge in [0, 0.05) is 68.1 Å². The number of sulfonamides is 2. The minimum absolute atomic E-state index is 0. The molecular formula is C47H44ClF10N9O7S2. The third-order valence-electron chi connectivity index (χ3n) is 11.9. The lowest BCUT2D eigenvalue weighted by molar-refractivity contribution is -0.146. The first-order valence-electron chi connectivity index (χ1n) is 22.0. The van der Waals surface area contributed by atoms with Crippen LogP contribution in [0.4, 0.5) is 43.9 Å². The molecule has 8 rings (SSSR count). The van der Waals surface area contributed by atoms with Crippen molar-refractivity contribution >= 4 is 44.2 Å². The van der Waals surface area contributed by atoms with E-state index in [4.69, 9.17) is 5.73 Å². The number of hydrogen-bond acceptors (Lipinski definition) is 13. The highest BCUT2D eigenvalue weighted by molar-refractivity contribution is 7.89. The van der Waals surface area contributed by atoms with Crippen LogP contribution >= 0.6 is 12.4 Å². The summed E-state index contributed by atoms with van der Waals surface area (Å²) in [6.07, 6.45) is -8.35. The fourth-order valence-electron chi connectivity index (χ4n) is 7.90. The standard InChI is InChI=1S/C24H21F5N4O3S.C12H13F2NO4S.C11H9F3N4.ClH/c1-23(11-17(26)13-33(23)37(35,36)19-6-3-16(25)4-7-19)22(34)9-5-18-10-20(32-14-31-18)15-2-8-21(30-12-15)24(27,28)29;1-12(11(16)17)6-9(14)7-15(12)20(18,19)10-4-2-8(13)3-5-10;12-11(13,14)10-2-1-7(5-16-10)9-3-8(4-15)17-6-18-9;/h2-4,6-8,10,12,14,17H,5,9,11,13H2,1H3;2-5,9H,6-7H2,1H3,(H,16,17);1-3,5-6H,4,15H2;1H/t17-,23+;9-,12?;;/m11../s1. The van der Waals surface area contributed by atoms with Gasteiger partial charge in [0.15, 0.2) is 5.78 Å². The molecule has 2 fully saturated rings. The minimum Gasteiger partial charge on any atom is -0.480 e. The maximum Gasteiger partial charge on any atom is 0.433 e. The first kappa shape index (κ1) is 60.3. The predicted octanol–water partition coefficient (Wildman–Crippen LogP) is 8.23. The zero-order valence-electron chi connectivity index (χ0n) is 39.6. The number of nitrogens with two attached hydrogens (primary N) is 1. The first-order chi connectivity index (χ1) is 35.0. The van der Waals surface area contributed by atoms with Crippen LogP contribution in [0.5, 0.6) is 0 Å². The SMILES string of the molecule is CC1(C(=O)O)C[C@@H](F)CN1S(=O)(=O)c1ccc(F)cc1.C[C@@]1(C(=O)CCc2cc(-c3ccc(C(F)(F)F)nc3)ncn2)C[C@@H](F)CN1S(=O)(=O)c1ccc(F)cc1.Cl.NCc1cc(-c2ccc(C(F)(F)F)nc2)ncn1. The van der Waals surface area contributed by atoms with E-state index in [1.54, 1.807) is 6.07 Å². The zero-order valence-corrected chi connectivity index (χ0v) is 42.0. The third-order valence-corrected chi connectivity index (χ3v) is 15.9. The number of pyridine rings is 2. The van der Waals surface area contributed by atoms with Crippen LogP contribution in [0.25, 0.3) is 22.5 Å². The predicted molar refractivity (Wildman–Crippen MR) is 253 cm³/mol. The molecule has 4 aromatic heterocycles. The van der Waals surface area contributed by atoms with Gasteiger partial charge < -0.3 is 10.8 Å². The van der Waals surface area contributed by atoms with E-state index in [-0.39, 0.29) is 53.7 Å². The van der Waals surface area contributed by atoms with Crippen molar-refractivity contribution < 1.29 is 75.4 Å². The number of carbonyl (C=O) groups excluding carboxylic acids is 1. The summed E-state index contributed by atoms with van der Waals surface area (Å²) in [5.41, 5.74) is 2.50. The van der Waals surface area contributed by atoms with Gasteiger partial charge in [0.1, 0.15) is 53.6 Å². The number of Topliss-reactive ketones (excluding diaryl/α,β-unsaturated/α-hetero) is 1. The molecule has 0 amide bonds. The van der Waals surface area contributed by atoms with E-state index in [1.807, 2.05) is 0 Å². The summed E-state index contributed by atoms with van der Waals surface area (Å²) in [6.45, 7) is 1.72. The molecule has 0 spiro atoms. The number of aromatic nitrogens is 6. The summed E-state index contributed by atoms with van der Waals surface area (Å²) in [5, 5.41) is 9.18.